The van der Waals surface area contributed by atoms with Gasteiger partial charge in [-0.05, 0) is 31.0 Å². The summed E-state index contributed by atoms with van der Waals surface area (Å²) in [6.45, 7) is 3.62. The molecule has 1 aromatic carbocycles. The van der Waals surface area contributed by atoms with Crippen LogP contribution in [0.15, 0.2) is 23.1 Å². The summed E-state index contributed by atoms with van der Waals surface area (Å²) in [6.07, 6.45) is 2.89. The molecule has 27 heavy (non-hydrogen) atoms. The van der Waals surface area contributed by atoms with Crippen LogP contribution in [-0.2, 0) is 14.8 Å². The van der Waals surface area contributed by atoms with E-state index in [1.54, 1.807) is 25.3 Å². The van der Waals surface area contributed by atoms with E-state index in [-0.39, 0.29) is 12.1 Å². The molecule has 0 aromatic heterocycles. The second-order valence-electron chi connectivity index (χ2n) is 7.34. The molecule has 3 saturated heterocycles. The molecule has 2 unspecified atom stereocenters. The number of nitrogens with one attached hydrogen (secondary N) is 1. The largest absolute Gasteiger partial charge is 0.495 e. The van der Waals surface area contributed by atoms with E-state index < -0.39 is 10.0 Å². The number of hydrogen-bond acceptors (Lipinski definition) is 6. The van der Waals surface area contributed by atoms with Crippen molar-refractivity contribution in [2.75, 3.05) is 51.3 Å². The van der Waals surface area contributed by atoms with Crippen molar-refractivity contribution < 1.29 is 17.9 Å². The number of rotatable bonds is 5. The first-order chi connectivity index (χ1) is 13.0. The van der Waals surface area contributed by atoms with Crippen LogP contribution in [0.5, 0.6) is 5.75 Å². The van der Waals surface area contributed by atoms with Gasteiger partial charge in [-0.1, -0.05) is 0 Å². The van der Waals surface area contributed by atoms with E-state index in [2.05, 4.69) is 10.2 Å². The Morgan fingerprint density at radius 1 is 1.15 bits per heavy atom. The van der Waals surface area contributed by atoms with Crippen LogP contribution in [0.4, 0.5) is 5.69 Å². The van der Waals surface area contributed by atoms with Gasteiger partial charge in [0.1, 0.15) is 5.75 Å². The van der Waals surface area contributed by atoms with Crippen molar-refractivity contribution in [3.63, 3.8) is 0 Å². The number of likely N-dealkylation sites (tertiary alicyclic amines) is 1. The minimum absolute atomic E-state index is 0.194. The van der Waals surface area contributed by atoms with Gasteiger partial charge in [0.2, 0.25) is 16.4 Å². The Balaban J connectivity index is 1.69. The van der Waals surface area contributed by atoms with Crippen molar-refractivity contribution in [1.82, 2.24) is 14.5 Å². The van der Waals surface area contributed by atoms with E-state index in [1.807, 2.05) is 4.90 Å². The third kappa shape index (κ3) is 3.28. The number of nitrogens with zero attached hydrogens (tertiary/aromatic N) is 3. The number of ether oxygens (including phenoxy) is 1. The highest BCUT2D eigenvalue weighted by atomic mass is 32.2. The van der Waals surface area contributed by atoms with Gasteiger partial charge in [-0.3, -0.25) is 4.79 Å². The normalized spacial score (nSPS) is 26.3. The van der Waals surface area contributed by atoms with Crippen LogP contribution in [0.25, 0.3) is 0 Å². The smallest absolute Gasteiger partial charge is 0.243 e. The summed E-state index contributed by atoms with van der Waals surface area (Å²) >= 11 is 0. The fourth-order valence-electron chi connectivity index (χ4n) is 4.48. The molecule has 0 saturated carbocycles. The molecular formula is C18H26N4O4S. The minimum Gasteiger partial charge on any atom is -0.495 e. The highest BCUT2D eigenvalue weighted by molar-refractivity contribution is 7.89. The van der Waals surface area contributed by atoms with Crippen LogP contribution < -0.4 is 15.0 Å². The summed E-state index contributed by atoms with van der Waals surface area (Å²) in [6, 6.07) is 5.51. The zero-order valence-corrected chi connectivity index (χ0v) is 16.3. The van der Waals surface area contributed by atoms with E-state index in [0.29, 0.717) is 49.9 Å². The van der Waals surface area contributed by atoms with Crippen molar-refractivity contribution in [1.29, 1.82) is 0 Å². The van der Waals surface area contributed by atoms with Gasteiger partial charge >= 0.3 is 0 Å². The van der Waals surface area contributed by atoms with Crippen molar-refractivity contribution in [2.24, 2.45) is 0 Å². The molecule has 9 heteroatoms. The first-order valence-electron chi connectivity index (χ1n) is 9.41. The van der Waals surface area contributed by atoms with Crippen molar-refractivity contribution in [3.8, 4) is 5.75 Å². The number of sulfonamides is 1. The predicted octanol–water partition coefficient (Wildman–Crippen LogP) is 0.0985. The first kappa shape index (κ1) is 18.5. The van der Waals surface area contributed by atoms with Crippen LogP contribution in [0.3, 0.4) is 0 Å². The molecule has 8 nitrogen and oxygen atoms in total. The maximum absolute atomic E-state index is 13.1. The number of anilines is 1. The predicted molar refractivity (Wildman–Crippen MR) is 102 cm³/mol. The molecule has 1 N–H and O–H groups in total. The Morgan fingerprint density at radius 3 is 2.41 bits per heavy atom. The fraction of sp³-hybridized carbons (Fsp3) is 0.611. The van der Waals surface area contributed by atoms with Gasteiger partial charge in [0, 0.05) is 51.4 Å². The van der Waals surface area contributed by atoms with Gasteiger partial charge in [0.05, 0.1) is 17.7 Å². The standard InChI is InChI=1S/C18H26N4O4S/c1-26-18-5-4-16(27(24,25)21-8-6-19-7-9-21)10-17(18)22-14-2-3-15(22)12-20(11-14)13-23/h4-5,10,13-15,19H,2-3,6-9,11-12H2,1H3. The Hall–Kier alpha value is -1.84. The number of carbonyl (C=O) groups is 1. The molecule has 3 aliphatic rings. The molecule has 2 atom stereocenters. The minimum atomic E-state index is -3.53. The van der Waals surface area contributed by atoms with E-state index >= 15 is 0 Å². The molecule has 148 valence electrons. The second-order valence-corrected chi connectivity index (χ2v) is 9.28. The number of piperazine rings is 2. The molecule has 2 bridgehead atoms. The molecule has 3 fully saturated rings. The third-order valence-electron chi connectivity index (χ3n) is 5.80. The van der Waals surface area contributed by atoms with Crippen molar-refractivity contribution >= 4 is 22.1 Å². The van der Waals surface area contributed by atoms with Crippen LogP contribution in [0.1, 0.15) is 12.8 Å². The monoisotopic (exact) mass is 394 g/mol. The van der Waals surface area contributed by atoms with Gasteiger partial charge in [-0.25, -0.2) is 8.42 Å². The quantitative estimate of drug-likeness (QED) is 0.714. The molecule has 3 heterocycles. The van der Waals surface area contributed by atoms with Gasteiger partial charge in [-0.2, -0.15) is 4.31 Å². The SMILES string of the molecule is COc1ccc(S(=O)(=O)N2CCNCC2)cc1N1C2CCC1CN(C=O)C2. The topological polar surface area (TPSA) is 82.2 Å². The molecule has 4 rings (SSSR count). The number of amides is 1. The highest BCUT2D eigenvalue weighted by Crippen LogP contribution is 2.40. The Morgan fingerprint density at radius 2 is 1.81 bits per heavy atom. The summed E-state index contributed by atoms with van der Waals surface area (Å²) in [4.78, 5) is 15.6. The summed E-state index contributed by atoms with van der Waals surface area (Å²) in [5.41, 5.74) is 0.812. The lowest BCUT2D eigenvalue weighted by molar-refractivity contribution is -0.119. The molecule has 1 aromatic rings. The molecule has 1 amide bonds. The van der Waals surface area contributed by atoms with E-state index in [9.17, 15) is 13.2 Å². The van der Waals surface area contributed by atoms with E-state index in [0.717, 1.165) is 24.9 Å². The third-order valence-corrected chi connectivity index (χ3v) is 7.70. The van der Waals surface area contributed by atoms with E-state index in [4.69, 9.17) is 4.74 Å². The summed E-state index contributed by atoms with van der Waals surface area (Å²) < 4.78 is 33.2. The average Bonchev–Trinajstić information content (AvgIpc) is 2.97. The summed E-state index contributed by atoms with van der Waals surface area (Å²) in [5, 5.41) is 3.18. The fourth-order valence-corrected chi connectivity index (χ4v) is 5.94. The first-order valence-corrected chi connectivity index (χ1v) is 10.8. The number of carbonyl (C=O) groups excluding carboxylic acids is 1. The Kier molecular flexibility index (Phi) is 5.00. The summed E-state index contributed by atoms with van der Waals surface area (Å²) in [7, 11) is -1.93. The maximum atomic E-state index is 13.1. The second kappa shape index (κ2) is 7.29. The molecule has 0 radical (unpaired) electrons. The molecule has 0 aliphatic carbocycles. The lowest BCUT2D eigenvalue weighted by Crippen LogP contribution is -2.53. The lowest BCUT2D eigenvalue weighted by atomic mass is 10.1. The summed E-state index contributed by atoms with van der Waals surface area (Å²) in [5.74, 6) is 0.672. The van der Waals surface area contributed by atoms with Gasteiger partial charge in [0.15, 0.2) is 0 Å². The average molecular weight is 394 g/mol. The highest BCUT2D eigenvalue weighted by Gasteiger charge is 2.41. The number of benzene rings is 1. The van der Waals surface area contributed by atoms with Crippen LogP contribution >= 0.6 is 0 Å². The zero-order chi connectivity index (χ0) is 19.0. The zero-order valence-electron chi connectivity index (χ0n) is 15.5. The van der Waals surface area contributed by atoms with Crippen LogP contribution in [0.2, 0.25) is 0 Å². The van der Waals surface area contributed by atoms with E-state index in [1.165, 1.54) is 4.31 Å². The molecular weight excluding hydrogens is 368 g/mol. The molecule has 0 spiro atoms. The van der Waals surface area contributed by atoms with Crippen molar-refractivity contribution in [3.05, 3.63) is 18.2 Å². The van der Waals surface area contributed by atoms with Crippen LogP contribution in [0, 0.1) is 0 Å². The van der Waals surface area contributed by atoms with Gasteiger partial charge < -0.3 is 19.9 Å². The van der Waals surface area contributed by atoms with Crippen LogP contribution in [-0.4, -0.2) is 82.5 Å². The number of fused-ring (bicyclic) bond motifs is 2. The maximum Gasteiger partial charge on any atom is 0.243 e. The Bertz CT molecular complexity index is 796. The van der Waals surface area contributed by atoms with Crippen molar-refractivity contribution in [2.45, 2.75) is 29.8 Å². The molecule has 3 aliphatic heterocycles. The number of methoxy groups -OCH3 is 1. The van der Waals surface area contributed by atoms with Gasteiger partial charge in [-0.15, -0.1) is 0 Å². The van der Waals surface area contributed by atoms with Gasteiger partial charge in [0.25, 0.3) is 0 Å². The number of hydrogen-bond donors (Lipinski definition) is 1. The lowest BCUT2D eigenvalue weighted by Gasteiger charge is -2.41. The Labute approximate surface area is 160 Å².